The first-order valence-electron chi connectivity index (χ1n) is 16.0. The number of carbonyl (C=O) groups excluding carboxylic acids is 1. The van der Waals surface area contributed by atoms with Gasteiger partial charge in [0.1, 0.15) is 23.9 Å². The molecule has 0 aromatic heterocycles. The van der Waals surface area contributed by atoms with Crippen LogP contribution in [0.3, 0.4) is 0 Å². The molecule has 248 valence electrons. The van der Waals surface area contributed by atoms with E-state index in [1.54, 1.807) is 37.6 Å². The highest BCUT2D eigenvalue weighted by Gasteiger charge is 2.43. The van der Waals surface area contributed by atoms with Crippen LogP contribution >= 0.6 is 0 Å². The molecule has 2 heterocycles. The number of benzene rings is 3. The molecular weight excluding hydrogens is 604 g/mol. The topological polar surface area (TPSA) is 94.6 Å². The van der Waals surface area contributed by atoms with Crippen molar-refractivity contribution in [2.24, 2.45) is 0 Å². The van der Waals surface area contributed by atoms with E-state index >= 15 is 0 Å². The second-order valence-electron chi connectivity index (χ2n) is 12.2. The number of rotatable bonds is 14. The molecule has 1 fully saturated rings. The minimum atomic E-state index is -3.85. The zero-order valence-corrected chi connectivity index (χ0v) is 28.1. The van der Waals surface area contributed by atoms with Crippen LogP contribution in [-0.2, 0) is 30.9 Å². The van der Waals surface area contributed by atoms with E-state index in [9.17, 15) is 13.2 Å². The molecule has 0 unspecified atom stereocenters. The average molecular weight is 651 g/mol. The predicted octanol–water partition coefficient (Wildman–Crippen LogP) is 5.74. The molecule has 1 saturated heterocycles. The van der Waals surface area contributed by atoms with Crippen molar-refractivity contribution in [3.8, 4) is 11.5 Å². The molecule has 9 nitrogen and oxygen atoms in total. The maximum absolute atomic E-state index is 14.1. The predicted molar refractivity (Wildman–Crippen MR) is 178 cm³/mol. The first-order valence-corrected chi connectivity index (χ1v) is 17.5. The molecule has 3 aromatic carbocycles. The third kappa shape index (κ3) is 8.09. The third-order valence-corrected chi connectivity index (χ3v) is 10.9. The Hall–Kier alpha value is -3.44. The van der Waals surface area contributed by atoms with Crippen molar-refractivity contribution in [1.82, 2.24) is 4.31 Å². The fraction of sp³-hybridized carbons (Fsp3) is 0.472. The van der Waals surface area contributed by atoms with Gasteiger partial charge in [0.25, 0.3) is 0 Å². The van der Waals surface area contributed by atoms with Gasteiger partial charge in [0.15, 0.2) is 0 Å². The van der Waals surface area contributed by atoms with Crippen LogP contribution in [0.5, 0.6) is 11.5 Å². The normalized spacial score (nSPS) is 20.2. The Bertz CT molecular complexity index is 1560. The highest BCUT2D eigenvalue weighted by atomic mass is 32.2. The number of nitrogens with zero attached hydrogens (tertiary/aromatic N) is 2. The van der Waals surface area contributed by atoms with Crippen LogP contribution in [0.1, 0.15) is 55.2 Å². The summed E-state index contributed by atoms with van der Waals surface area (Å²) >= 11 is 0. The van der Waals surface area contributed by atoms with Crippen molar-refractivity contribution >= 4 is 21.5 Å². The van der Waals surface area contributed by atoms with Gasteiger partial charge in [0, 0.05) is 45.2 Å². The van der Waals surface area contributed by atoms with Crippen molar-refractivity contribution in [1.29, 1.82) is 0 Å². The van der Waals surface area contributed by atoms with Gasteiger partial charge >= 0.3 is 0 Å². The zero-order valence-electron chi connectivity index (χ0n) is 27.3. The minimum absolute atomic E-state index is 0.0414. The van der Waals surface area contributed by atoms with Gasteiger partial charge in [-0.3, -0.25) is 0 Å². The summed E-state index contributed by atoms with van der Waals surface area (Å²) in [6, 6.07) is 20.6. The van der Waals surface area contributed by atoms with Crippen molar-refractivity contribution in [2.45, 2.75) is 69.1 Å². The first kappa shape index (κ1) is 33.9. The van der Waals surface area contributed by atoms with Crippen LogP contribution in [0.15, 0.2) is 71.6 Å². The number of hydrogen-bond donors (Lipinski definition) is 0. The van der Waals surface area contributed by atoms with Gasteiger partial charge in [-0.05, 0) is 80.6 Å². The van der Waals surface area contributed by atoms with Crippen LogP contribution in [0.25, 0.3) is 0 Å². The second-order valence-corrected chi connectivity index (χ2v) is 14.1. The zero-order chi connectivity index (χ0) is 32.7. The number of anilines is 1. The quantitative estimate of drug-likeness (QED) is 0.204. The number of ether oxygens (including phenoxy) is 4. The van der Waals surface area contributed by atoms with E-state index in [-0.39, 0.29) is 29.2 Å². The van der Waals surface area contributed by atoms with E-state index in [4.69, 9.17) is 18.9 Å². The summed E-state index contributed by atoms with van der Waals surface area (Å²) in [6.07, 6.45) is 1.78. The van der Waals surface area contributed by atoms with Gasteiger partial charge in [-0.15, -0.1) is 0 Å². The van der Waals surface area contributed by atoms with Crippen molar-refractivity contribution in [2.75, 3.05) is 52.0 Å². The summed E-state index contributed by atoms with van der Waals surface area (Å²) in [5, 5.41) is 0. The molecule has 0 spiro atoms. The highest BCUT2D eigenvalue weighted by molar-refractivity contribution is 7.89. The lowest BCUT2D eigenvalue weighted by Gasteiger charge is -2.43. The third-order valence-electron chi connectivity index (χ3n) is 8.97. The number of aryl methyl sites for hydroxylation is 1. The summed E-state index contributed by atoms with van der Waals surface area (Å²) in [6.45, 7) is 6.97. The molecule has 0 bridgehead atoms. The average Bonchev–Trinajstić information content (AvgIpc) is 3.06. The van der Waals surface area contributed by atoms with Crippen molar-refractivity contribution in [3.63, 3.8) is 0 Å². The number of carbonyl (C=O) groups is 1. The number of piperidine rings is 1. The van der Waals surface area contributed by atoms with Crippen LogP contribution in [0, 0.1) is 6.92 Å². The summed E-state index contributed by atoms with van der Waals surface area (Å²) in [5.41, 5.74) is 4.06. The van der Waals surface area contributed by atoms with Crippen molar-refractivity contribution in [3.05, 3.63) is 83.4 Å². The van der Waals surface area contributed by atoms with Crippen LogP contribution < -0.4 is 14.4 Å². The van der Waals surface area contributed by atoms with Crippen LogP contribution in [0.2, 0.25) is 0 Å². The molecule has 46 heavy (non-hydrogen) atoms. The lowest BCUT2D eigenvalue weighted by Crippen LogP contribution is -2.52. The number of hydrogen-bond acceptors (Lipinski definition) is 8. The fourth-order valence-electron chi connectivity index (χ4n) is 6.40. The van der Waals surface area contributed by atoms with Gasteiger partial charge in [0.2, 0.25) is 10.0 Å². The van der Waals surface area contributed by atoms with E-state index in [0.717, 1.165) is 53.4 Å². The van der Waals surface area contributed by atoms with Crippen LogP contribution in [0.4, 0.5) is 5.69 Å². The molecule has 2 aliphatic heterocycles. The van der Waals surface area contributed by atoms with Gasteiger partial charge in [-0.1, -0.05) is 35.9 Å². The Morgan fingerprint density at radius 2 is 1.78 bits per heavy atom. The van der Waals surface area contributed by atoms with E-state index in [1.165, 1.54) is 0 Å². The Balaban J connectivity index is 1.44. The highest BCUT2D eigenvalue weighted by Crippen LogP contribution is 2.39. The number of fused-ring (bicyclic) bond motifs is 1. The van der Waals surface area contributed by atoms with E-state index in [0.29, 0.717) is 39.1 Å². The number of sulfonamides is 1. The first-order chi connectivity index (χ1) is 22.2. The SMILES string of the molecule is COCCCN1CCOc2ccc(CO[C@H]3CN(S(=O)(=O)c4ccc(C)cc4)[C@@H](CCC(C)=O)C[C@@H]3c3ccc(OC)cc3)cc21. The maximum Gasteiger partial charge on any atom is 0.243 e. The molecule has 3 aromatic rings. The smallest absolute Gasteiger partial charge is 0.243 e. The lowest BCUT2D eigenvalue weighted by molar-refractivity contribution is -0.117. The molecule has 0 saturated carbocycles. The van der Waals surface area contributed by atoms with Gasteiger partial charge in [0.05, 0.1) is 36.9 Å². The maximum atomic E-state index is 14.1. The molecule has 5 rings (SSSR count). The molecule has 3 atom stereocenters. The number of ketones is 1. The Morgan fingerprint density at radius 1 is 1.02 bits per heavy atom. The largest absolute Gasteiger partial charge is 0.497 e. The monoisotopic (exact) mass is 650 g/mol. The fourth-order valence-corrected chi connectivity index (χ4v) is 8.08. The van der Waals surface area contributed by atoms with Gasteiger partial charge < -0.3 is 28.6 Å². The Labute approximate surface area is 273 Å². The van der Waals surface area contributed by atoms with E-state index < -0.39 is 16.1 Å². The van der Waals surface area contributed by atoms with E-state index in [1.807, 2.05) is 55.5 Å². The van der Waals surface area contributed by atoms with Crippen molar-refractivity contribution < 1.29 is 32.2 Å². The van der Waals surface area contributed by atoms with Crippen LogP contribution in [-0.4, -0.2) is 77.7 Å². The summed E-state index contributed by atoms with van der Waals surface area (Å²) in [4.78, 5) is 14.6. The lowest BCUT2D eigenvalue weighted by atomic mass is 9.82. The molecular formula is C36H46N2O7S. The summed E-state index contributed by atoms with van der Waals surface area (Å²) in [7, 11) is -0.501. The summed E-state index contributed by atoms with van der Waals surface area (Å²) in [5.74, 6) is 1.56. The molecule has 0 N–H and O–H groups in total. The summed E-state index contributed by atoms with van der Waals surface area (Å²) < 4.78 is 53.1. The Kier molecular flexibility index (Phi) is 11.4. The molecule has 0 radical (unpaired) electrons. The standard InChI is InChI=1S/C36H46N2O7S/c1-26-6-15-32(16-7-26)46(40,41)38-24-36(33(23-30(38)12-8-27(2)39)29-10-13-31(43-4)14-11-29)45-25-28-9-17-35-34(22-28)37(19-21-44-35)18-5-20-42-3/h6-7,9-11,13-17,22,30,33,36H,5,8,12,18-21,23-25H2,1-4H3/t30-,33+,36-/m0/s1. The molecule has 0 aliphatic carbocycles. The number of Topliss-reactive ketones (excluding diaryl/α,β-unsaturated/α-hetero) is 1. The number of methoxy groups -OCH3 is 2. The Morgan fingerprint density at radius 3 is 2.48 bits per heavy atom. The van der Waals surface area contributed by atoms with Gasteiger partial charge in [-0.25, -0.2) is 8.42 Å². The minimum Gasteiger partial charge on any atom is -0.497 e. The molecule has 2 aliphatic rings. The molecule has 0 amide bonds. The molecule has 10 heteroatoms. The second kappa shape index (κ2) is 15.4. The van der Waals surface area contributed by atoms with E-state index in [2.05, 4.69) is 11.0 Å². The van der Waals surface area contributed by atoms with Gasteiger partial charge in [-0.2, -0.15) is 4.31 Å².